The molecule has 0 fully saturated rings. The van der Waals surface area contributed by atoms with E-state index in [9.17, 15) is 0 Å². The fraction of sp³-hybridized carbons (Fsp3) is 0.333. The summed E-state index contributed by atoms with van der Waals surface area (Å²) in [6, 6.07) is 3.57. The van der Waals surface area contributed by atoms with Crippen LogP contribution >= 0.6 is 27.5 Å². The average molecular weight is 332 g/mol. The minimum absolute atomic E-state index is 0.432. The fourth-order valence-corrected chi connectivity index (χ4v) is 2.23. The van der Waals surface area contributed by atoms with Gasteiger partial charge in [-0.05, 0) is 11.6 Å². The lowest BCUT2D eigenvalue weighted by Gasteiger charge is -2.09. The zero-order valence-corrected chi connectivity index (χ0v) is 12.2. The van der Waals surface area contributed by atoms with Gasteiger partial charge in [-0.1, -0.05) is 27.5 Å². The molecule has 0 saturated heterocycles. The lowest BCUT2D eigenvalue weighted by Crippen LogP contribution is -2.05. The molecule has 0 aromatic carbocycles. The fourth-order valence-electron chi connectivity index (χ4n) is 1.58. The quantitative estimate of drug-likeness (QED) is 0.479. The Hall–Kier alpha value is -0.910. The van der Waals surface area contributed by atoms with Crippen LogP contribution < -0.4 is 4.74 Å². The first-order chi connectivity index (χ1) is 8.76. The van der Waals surface area contributed by atoms with Crippen molar-refractivity contribution in [1.29, 1.82) is 0 Å². The zero-order chi connectivity index (χ0) is 13.0. The lowest BCUT2D eigenvalue weighted by atomic mass is 10.2. The highest BCUT2D eigenvalue weighted by Gasteiger charge is 2.10. The Morgan fingerprint density at radius 1 is 1.33 bits per heavy atom. The summed E-state index contributed by atoms with van der Waals surface area (Å²) in [4.78, 5) is 8.60. The molecule has 2 aromatic heterocycles. The number of hydrogen-bond donors (Lipinski definition) is 0. The van der Waals surface area contributed by atoms with Crippen LogP contribution in [0.4, 0.5) is 0 Å². The molecule has 0 saturated carbocycles. The van der Waals surface area contributed by atoms with E-state index in [1.807, 2.05) is 0 Å². The third-order valence-corrected chi connectivity index (χ3v) is 3.19. The normalized spacial score (nSPS) is 10.8. The summed E-state index contributed by atoms with van der Waals surface area (Å²) in [7, 11) is 1.63. The van der Waals surface area contributed by atoms with E-state index in [-0.39, 0.29) is 0 Å². The van der Waals surface area contributed by atoms with Crippen LogP contribution in [0, 0.1) is 0 Å². The van der Waals surface area contributed by atoms with Crippen molar-refractivity contribution in [3.05, 3.63) is 29.0 Å². The average Bonchev–Trinajstić information content (AvgIpc) is 2.38. The van der Waals surface area contributed by atoms with Gasteiger partial charge in [-0.3, -0.25) is 4.98 Å². The molecule has 0 aliphatic carbocycles. The molecule has 0 aliphatic rings. The van der Waals surface area contributed by atoms with Gasteiger partial charge in [0.15, 0.2) is 0 Å². The first-order valence-corrected chi connectivity index (χ1v) is 6.88. The van der Waals surface area contributed by atoms with Crippen molar-refractivity contribution in [2.45, 2.75) is 5.33 Å². The van der Waals surface area contributed by atoms with Crippen molar-refractivity contribution in [2.75, 3.05) is 20.3 Å². The molecule has 0 spiro atoms. The third-order valence-electron chi connectivity index (χ3n) is 2.39. The van der Waals surface area contributed by atoms with Crippen molar-refractivity contribution < 1.29 is 9.47 Å². The maximum absolute atomic E-state index is 6.00. The number of nitrogens with zero attached hydrogens (tertiary/aromatic N) is 2. The molecule has 6 heteroatoms. The van der Waals surface area contributed by atoms with Crippen molar-refractivity contribution in [1.82, 2.24) is 9.97 Å². The van der Waals surface area contributed by atoms with Crippen molar-refractivity contribution in [2.24, 2.45) is 0 Å². The van der Waals surface area contributed by atoms with Crippen LogP contribution in [-0.4, -0.2) is 30.3 Å². The molecule has 0 N–H and O–H groups in total. The van der Waals surface area contributed by atoms with Gasteiger partial charge in [-0.2, -0.15) is 0 Å². The van der Waals surface area contributed by atoms with E-state index in [0.29, 0.717) is 35.0 Å². The first-order valence-electron chi connectivity index (χ1n) is 5.38. The summed E-state index contributed by atoms with van der Waals surface area (Å²) in [5.74, 6) is 0.668. The molecular formula is C12H12BrClN2O2. The van der Waals surface area contributed by atoms with Crippen LogP contribution in [0.2, 0.25) is 5.15 Å². The number of halogens is 2. The maximum atomic E-state index is 6.00. The highest BCUT2D eigenvalue weighted by atomic mass is 79.9. The topological polar surface area (TPSA) is 44.2 Å². The number of aromatic nitrogens is 2. The van der Waals surface area contributed by atoms with Crippen LogP contribution in [0.25, 0.3) is 11.0 Å². The highest BCUT2D eigenvalue weighted by Crippen LogP contribution is 2.27. The minimum Gasteiger partial charge on any atom is -0.489 e. The minimum atomic E-state index is 0.432. The molecule has 0 bridgehead atoms. The number of pyridine rings is 2. The molecule has 4 nitrogen and oxygen atoms in total. The van der Waals surface area contributed by atoms with Crippen LogP contribution in [-0.2, 0) is 10.1 Å². The largest absolute Gasteiger partial charge is 0.489 e. The van der Waals surface area contributed by atoms with Gasteiger partial charge in [0, 0.05) is 24.7 Å². The van der Waals surface area contributed by atoms with Crippen LogP contribution in [0.3, 0.4) is 0 Å². The SMILES string of the molecule is COCCOc1ccnc2c(CBr)cc(Cl)nc12. The second kappa shape index (κ2) is 6.31. The van der Waals surface area contributed by atoms with E-state index in [4.69, 9.17) is 21.1 Å². The molecule has 0 atom stereocenters. The molecule has 0 aliphatic heterocycles. The highest BCUT2D eigenvalue weighted by molar-refractivity contribution is 9.08. The van der Waals surface area contributed by atoms with Gasteiger partial charge in [-0.25, -0.2) is 4.98 Å². The van der Waals surface area contributed by atoms with Gasteiger partial charge in [-0.15, -0.1) is 0 Å². The van der Waals surface area contributed by atoms with E-state index >= 15 is 0 Å². The number of ether oxygens (including phenoxy) is 2. The Morgan fingerprint density at radius 2 is 2.17 bits per heavy atom. The maximum Gasteiger partial charge on any atom is 0.148 e. The number of alkyl halides is 1. The predicted octanol–water partition coefficient (Wildman–Crippen LogP) is 3.20. The summed E-state index contributed by atoms with van der Waals surface area (Å²) < 4.78 is 10.6. The zero-order valence-electron chi connectivity index (χ0n) is 9.82. The monoisotopic (exact) mass is 330 g/mol. The molecule has 2 rings (SSSR count). The molecule has 2 aromatic rings. The Bertz CT molecular complexity index is 551. The molecule has 0 radical (unpaired) electrons. The van der Waals surface area contributed by atoms with E-state index in [1.165, 1.54) is 0 Å². The van der Waals surface area contributed by atoms with Gasteiger partial charge >= 0.3 is 0 Å². The van der Waals surface area contributed by atoms with Gasteiger partial charge in [0.05, 0.1) is 12.1 Å². The summed E-state index contributed by atoms with van der Waals surface area (Å²) in [6.45, 7) is 0.989. The van der Waals surface area contributed by atoms with E-state index in [1.54, 1.807) is 25.4 Å². The second-order valence-corrected chi connectivity index (χ2v) is 4.53. The smallest absolute Gasteiger partial charge is 0.148 e. The van der Waals surface area contributed by atoms with Crippen molar-refractivity contribution in [3.8, 4) is 5.75 Å². The third kappa shape index (κ3) is 2.91. The number of hydrogen-bond acceptors (Lipinski definition) is 4. The molecule has 96 valence electrons. The Balaban J connectivity index is 2.44. The Kier molecular flexibility index (Phi) is 4.74. The van der Waals surface area contributed by atoms with Crippen LogP contribution in [0.1, 0.15) is 5.56 Å². The Morgan fingerprint density at radius 3 is 2.89 bits per heavy atom. The predicted molar refractivity (Wildman–Crippen MR) is 74.6 cm³/mol. The Labute approximate surface area is 118 Å². The van der Waals surface area contributed by atoms with Gasteiger partial charge < -0.3 is 9.47 Å². The van der Waals surface area contributed by atoms with E-state index in [2.05, 4.69) is 25.9 Å². The summed E-state index contributed by atoms with van der Waals surface area (Å²) >= 11 is 9.41. The van der Waals surface area contributed by atoms with Crippen LogP contribution in [0.5, 0.6) is 5.75 Å². The molecular weight excluding hydrogens is 320 g/mol. The number of rotatable bonds is 5. The van der Waals surface area contributed by atoms with E-state index in [0.717, 1.165) is 11.1 Å². The van der Waals surface area contributed by atoms with Crippen LogP contribution in [0.15, 0.2) is 18.3 Å². The van der Waals surface area contributed by atoms with Gasteiger partial charge in [0.1, 0.15) is 23.0 Å². The molecule has 0 unspecified atom stereocenters. The molecule has 0 amide bonds. The molecule has 2 heterocycles. The summed E-state index contributed by atoms with van der Waals surface area (Å²) in [5, 5.41) is 1.10. The lowest BCUT2D eigenvalue weighted by molar-refractivity contribution is 0.147. The summed E-state index contributed by atoms with van der Waals surface area (Å²) in [6.07, 6.45) is 1.70. The second-order valence-electron chi connectivity index (χ2n) is 3.59. The standard InChI is InChI=1S/C12H12BrClN2O2/c1-17-4-5-18-9-2-3-15-11-8(7-13)6-10(14)16-12(9)11/h2-3,6H,4-5,7H2,1H3. The molecule has 18 heavy (non-hydrogen) atoms. The van der Waals surface area contributed by atoms with E-state index < -0.39 is 0 Å². The van der Waals surface area contributed by atoms with Crippen molar-refractivity contribution in [3.63, 3.8) is 0 Å². The van der Waals surface area contributed by atoms with Gasteiger partial charge in [0.25, 0.3) is 0 Å². The number of methoxy groups -OCH3 is 1. The number of fused-ring (bicyclic) bond motifs is 1. The van der Waals surface area contributed by atoms with Gasteiger partial charge in [0.2, 0.25) is 0 Å². The summed E-state index contributed by atoms with van der Waals surface area (Å²) in [5.41, 5.74) is 2.46. The first kappa shape index (κ1) is 13.5. The van der Waals surface area contributed by atoms with Crippen molar-refractivity contribution >= 4 is 38.6 Å².